The minimum atomic E-state index is 0.672. The molecule has 0 aliphatic rings. The number of fused-ring (bicyclic) bond motifs is 1. The Bertz CT molecular complexity index is 560. The number of hydrogen-bond acceptors (Lipinski definition) is 4. The molecular weight excluding hydrogens is 274 g/mol. The van der Waals surface area contributed by atoms with Gasteiger partial charge in [0.25, 0.3) is 0 Å². The molecule has 0 saturated heterocycles. The van der Waals surface area contributed by atoms with Crippen molar-refractivity contribution in [2.75, 3.05) is 25.1 Å². The monoisotopic (exact) mass is 293 g/mol. The van der Waals surface area contributed by atoms with E-state index in [1.807, 2.05) is 18.2 Å². The SMILES string of the molecule is CC(C)CCOCCNc1ncnc2cc(Cl)ccc12. The van der Waals surface area contributed by atoms with Crippen LogP contribution >= 0.6 is 11.6 Å². The Morgan fingerprint density at radius 2 is 2.10 bits per heavy atom. The minimum Gasteiger partial charge on any atom is -0.380 e. The Labute approximate surface area is 124 Å². The van der Waals surface area contributed by atoms with Crippen LogP contribution in [0.5, 0.6) is 0 Å². The van der Waals surface area contributed by atoms with E-state index in [0.717, 1.165) is 36.3 Å². The lowest BCUT2D eigenvalue weighted by Crippen LogP contribution is -2.12. The van der Waals surface area contributed by atoms with E-state index in [-0.39, 0.29) is 0 Å². The normalized spacial score (nSPS) is 11.2. The molecule has 0 aliphatic carbocycles. The number of halogens is 1. The topological polar surface area (TPSA) is 47.0 Å². The Kier molecular flexibility index (Phi) is 5.56. The Morgan fingerprint density at radius 3 is 2.90 bits per heavy atom. The van der Waals surface area contributed by atoms with Crippen LogP contribution in [0.4, 0.5) is 5.82 Å². The van der Waals surface area contributed by atoms with Gasteiger partial charge in [-0.2, -0.15) is 0 Å². The van der Waals surface area contributed by atoms with Crippen molar-refractivity contribution in [3.63, 3.8) is 0 Å². The van der Waals surface area contributed by atoms with Crippen LogP contribution in [0.2, 0.25) is 5.02 Å². The molecule has 108 valence electrons. The van der Waals surface area contributed by atoms with Crippen LogP contribution in [-0.4, -0.2) is 29.7 Å². The van der Waals surface area contributed by atoms with Gasteiger partial charge in [-0.05, 0) is 30.5 Å². The first-order chi connectivity index (χ1) is 9.66. The van der Waals surface area contributed by atoms with Crippen molar-refractivity contribution in [3.8, 4) is 0 Å². The van der Waals surface area contributed by atoms with E-state index < -0.39 is 0 Å². The molecule has 0 saturated carbocycles. The van der Waals surface area contributed by atoms with Crippen LogP contribution in [0.15, 0.2) is 24.5 Å². The number of benzene rings is 1. The molecule has 2 rings (SSSR count). The van der Waals surface area contributed by atoms with Gasteiger partial charge in [0.05, 0.1) is 12.1 Å². The van der Waals surface area contributed by atoms with E-state index in [0.29, 0.717) is 17.5 Å². The average Bonchev–Trinajstić information content (AvgIpc) is 2.42. The van der Waals surface area contributed by atoms with Gasteiger partial charge >= 0.3 is 0 Å². The Hall–Kier alpha value is -1.39. The molecule has 0 radical (unpaired) electrons. The van der Waals surface area contributed by atoms with Gasteiger partial charge in [-0.1, -0.05) is 25.4 Å². The fourth-order valence-electron chi connectivity index (χ4n) is 1.83. The molecule has 1 aromatic heterocycles. The van der Waals surface area contributed by atoms with E-state index in [2.05, 4.69) is 29.1 Å². The zero-order valence-electron chi connectivity index (χ0n) is 11.9. The highest BCUT2D eigenvalue weighted by Gasteiger charge is 2.03. The van der Waals surface area contributed by atoms with Crippen molar-refractivity contribution in [1.29, 1.82) is 0 Å². The maximum absolute atomic E-state index is 5.96. The maximum atomic E-state index is 5.96. The first-order valence-corrected chi connectivity index (χ1v) is 7.26. The van der Waals surface area contributed by atoms with E-state index in [1.165, 1.54) is 0 Å². The number of nitrogens with zero attached hydrogens (tertiary/aromatic N) is 2. The molecule has 4 nitrogen and oxygen atoms in total. The van der Waals surface area contributed by atoms with Gasteiger partial charge in [0.1, 0.15) is 12.1 Å². The number of anilines is 1. The molecule has 1 N–H and O–H groups in total. The largest absolute Gasteiger partial charge is 0.380 e. The van der Waals surface area contributed by atoms with Gasteiger partial charge in [-0.25, -0.2) is 9.97 Å². The first kappa shape index (κ1) is 15.0. The predicted molar refractivity (Wildman–Crippen MR) is 83.3 cm³/mol. The third-order valence-electron chi connectivity index (χ3n) is 2.98. The molecule has 0 bridgehead atoms. The van der Waals surface area contributed by atoms with Crippen molar-refractivity contribution in [2.24, 2.45) is 5.92 Å². The van der Waals surface area contributed by atoms with Crippen molar-refractivity contribution in [2.45, 2.75) is 20.3 Å². The van der Waals surface area contributed by atoms with E-state index in [1.54, 1.807) is 6.33 Å². The van der Waals surface area contributed by atoms with Crippen molar-refractivity contribution >= 4 is 28.3 Å². The van der Waals surface area contributed by atoms with E-state index in [9.17, 15) is 0 Å². The van der Waals surface area contributed by atoms with Crippen molar-refractivity contribution in [3.05, 3.63) is 29.5 Å². The Balaban J connectivity index is 1.87. The first-order valence-electron chi connectivity index (χ1n) is 6.88. The molecule has 0 fully saturated rings. The van der Waals surface area contributed by atoms with Crippen LogP contribution < -0.4 is 5.32 Å². The number of hydrogen-bond donors (Lipinski definition) is 1. The average molecular weight is 294 g/mol. The summed E-state index contributed by atoms with van der Waals surface area (Å²) in [5.74, 6) is 1.50. The Morgan fingerprint density at radius 1 is 1.25 bits per heavy atom. The van der Waals surface area contributed by atoms with Crippen LogP contribution in [0, 0.1) is 5.92 Å². The van der Waals surface area contributed by atoms with Crippen LogP contribution in [0.25, 0.3) is 10.9 Å². The van der Waals surface area contributed by atoms with E-state index >= 15 is 0 Å². The number of ether oxygens (including phenoxy) is 1. The second kappa shape index (κ2) is 7.41. The van der Waals surface area contributed by atoms with Crippen LogP contribution in [-0.2, 0) is 4.74 Å². The van der Waals surface area contributed by atoms with Gasteiger partial charge in [-0.3, -0.25) is 0 Å². The third kappa shape index (κ3) is 4.32. The number of nitrogens with one attached hydrogen (secondary N) is 1. The lowest BCUT2D eigenvalue weighted by Gasteiger charge is -2.09. The van der Waals surface area contributed by atoms with Gasteiger partial charge < -0.3 is 10.1 Å². The molecule has 2 aromatic rings. The van der Waals surface area contributed by atoms with Gasteiger partial charge in [0.2, 0.25) is 0 Å². The van der Waals surface area contributed by atoms with Crippen LogP contribution in [0.1, 0.15) is 20.3 Å². The predicted octanol–water partition coefficient (Wildman–Crippen LogP) is 3.76. The second-order valence-electron chi connectivity index (χ2n) is 5.11. The molecule has 0 amide bonds. The summed E-state index contributed by atoms with van der Waals surface area (Å²) in [6.45, 7) is 6.59. The zero-order valence-corrected chi connectivity index (χ0v) is 12.7. The lowest BCUT2D eigenvalue weighted by atomic mass is 10.1. The molecule has 5 heteroatoms. The quantitative estimate of drug-likeness (QED) is 0.790. The van der Waals surface area contributed by atoms with Crippen molar-refractivity contribution < 1.29 is 4.74 Å². The summed E-state index contributed by atoms with van der Waals surface area (Å²) in [4.78, 5) is 8.47. The zero-order chi connectivity index (χ0) is 14.4. The highest BCUT2D eigenvalue weighted by molar-refractivity contribution is 6.31. The minimum absolute atomic E-state index is 0.672. The molecular formula is C15H20ClN3O. The maximum Gasteiger partial charge on any atom is 0.137 e. The second-order valence-corrected chi connectivity index (χ2v) is 5.54. The van der Waals surface area contributed by atoms with Gasteiger partial charge in [0, 0.05) is 23.6 Å². The van der Waals surface area contributed by atoms with Crippen molar-refractivity contribution in [1.82, 2.24) is 9.97 Å². The molecule has 0 atom stereocenters. The van der Waals surface area contributed by atoms with E-state index in [4.69, 9.17) is 16.3 Å². The lowest BCUT2D eigenvalue weighted by molar-refractivity contribution is 0.132. The molecule has 1 aromatic carbocycles. The molecule has 0 spiro atoms. The van der Waals surface area contributed by atoms with Gasteiger partial charge in [0.15, 0.2) is 0 Å². The van der Waals surface area contributed by atoms with Crippen LogP contribution in [0.3, 0.4) is 0 Å². The smallest absolute Gasteiger partial charge is 0.137 e. The third-order valence-corrected chi connectivity index (χ3v) is 3.21. The number of aromatic nitrogens is 2. The molecule has 0 unspecified atom stereocenters. The number of rotatable bonds is 7. The standard InChI is InChI=1S/C15H20ClN3O/c1-11(2)5-7-20-8-6-17-15-13-4-3-12(16)9-14(13)18-10-19-15/h3-4,9-11H,5-8H2,1-2H3,(H,17,18,19). The molecule has 1 heterocycles. The highest BCUT2D eigenvalue weighted by atomic mass is 35.5. The fraction of sp³-hybridized carbons (Fsp3) is 0.467. The summed E-state index contributed by atoms with van der Waals surface area (Å²) in [5, 5.41) is 4.93. The highest BCUT2D eigenvalue weighted by Crippen LogP contribution is 2.22. The summed E-state index contributed by atoms with van der Waals surface area (Å²) < 4.78 is 5.57. The molecule has 20 heavy (non-hydrogen) atoms. The molecule has 0 aliphatic heterocycles. The van der Waals surface area contributed by atoms with Gasteiger partial charge in [-0.15, -0.1) is 0 Å². The summed E-state index contributed by atoms with van der Waals surface area (Å²) >= 11 is 5.96. The fourth-order valence-corrected chi connectivity index (χ4v) is 2.00. The summed E-state index contributed by atoms with van der Waals surface area (Å²) in [5.41, 5.74) is 0.843. The summed E-state index contributed by atoms with van der Waals surface area (Å²) in [6.07, 6.45) is 2.63. The summed E-state index contributed by atoms with van der Waals surface area (Å²) in [7, 11) is 0. The summed E-state index contributed by atoms with van der Waals surface area (Å²) in [6, 6.07) is 5.61.